The van der Waals surface area contributed by atoms with Crippen LogP contribution in [-0.2, 0) is 24.3 Å². The first-order valence-corrected chi connectivity index (χ1v) is 12.8. The highest BCUT2D eigenvalue weighted by molar-refractivity contribution is 6.30. The SMILES string of the molecule is CCCCc1nc(Cl)c(CO)n1Cc1ccc2c(c1)cc(-c1ccccc1C#N)n2C(=O)OC(C)(C)C. The number of nitriles is 1. The summed E-state index contributed by atoms with van der Waals surface area (Å²) >= 11 is 6.33. The third-order valence-corrected chi connectivity index (χ3v) is 6.42. The van der Waals surface area contributed by atoms with Crippen molar-refractivity contribution in [3.63, 3.8) is 0 Å². The Morgan fingerprint density at radius 3 is 2.62 bits per heavy atom. The molecule has 0 aliphatic heterocycles. The summed E-state index contributed by atoms with van der Waals surface area (Å²) in [6.45, 7) is 7.86. The van der Waals surface area contributed by atoms with E-state index in [1.54, 1.807) is 12.1 Å². The van der Waals surface area contributed by atoms with Crippen molar-refractivity contribution in [1.29, 1.82) is 5.26 Å². The number of ether oxygens (including phenoxy) is 1. The van der Waals surface area contributed by atoms with E-state index in [9.17, 15) is 15.2 Å². The topological polar surface area (TPSA) is 93.1 Å². The van der Waals surface area contributed by atoms with Crippen molar-refractivity contribution in [3.05, 3.63) is 76.3 Å². The molecule has 0 unspecified atom stereocenters. The lowest BCUT2D eigenvalue weighted by Crippen LogP contribution is -2.27. The lowest BCUT2D eigenvalue weighted by atomic mass is 10.1. The summed E-state index contributed by atoms with van der Waals surface area (Å²) in [5, 5.41) is 20.8. The zero-order valence-electron chi connectivity index (χ0n) is 21.6. The number of aryl methyl sites for hydroxylation is 1. The quantitative estimate of drug-likeness (QED) is 0.294. The number of carbonyl (C=O) groups excluding carboxylic acids is 1. The minimum absolute atomic E-state index is 0.204. The lowest BCUT2D eigenvalue weighted by molar-refractivity contribution is 0.0547. The number of halogens is 1. The Bertz CT molecular complexity index is 1490. The minimum Gasteiger partial charge on any atom is -0.443 e. The van der Waals surface area contributed by atoms with Crippen molar-refractivity contribution in [1.82, 2.24) is 14.1 Å². The zero-order chi connectivity index (χ0) is 26.7. The summed E-state index contributed by atoms with van der Waals surface area (Å²) in [7, 11) is 0. The number of hydrogen-bond acceptors (Lipinski definition) is 5. The van der Waals surface area contributed by atoms with Gasteiger partial charge in [0.15, 0.2) is 5.15 Å². The van der Waals surface area contributed by atoms with E-state index in [1.807, 2.05) is 61.7 Å². The first-order valence-electron chi connectivity index (χ1n) is 12.4. The zero-order valence-corrected chi connectivity index (χ0v) is 22.3. The van der Waals surface area contributed by atoms with Gasteiger partial charge in [0.05, 0.1) is 35.1 Å². The molecule has 37 heavy (non-hydrogen) atoms. The predicted octanol–water partition coefficient (Wildman–Crippen LogP) is 6.70. The normalized spacial score (nSPS) is 11.6. The molecular formula is C29H31ClN4O3. The Hall–Kier alpha value is -3.60. The van der Waals surface area contributed by atoms with Gasteiger partial charge in [0, 0.05) is 23.9 Å². The summed E-state index contributed by atoms with van der Waals surface area (Å²) in [5.74, 6) is 0.839. The van der Waals surface area contributed by atoms with Gasteiger partial charge >= 0.3 is 6.09 Å². The summed E-state index contributed by atoms with van der Waals surface area (Å²) < 4.78 is 9.22. The highest BCUT2D eigenvalue weighted by Gasteiger charge is 2.24. The molecule has 2 aromatic carbocycles. The number of benzene rings is 2. The molecule has 8 heteroatoms. The monoisotopic (exact) mass is 518 g/mol. The van der Waals surface area contributed by atoms with Crippen LogP contribution in [0.25, 0.3) is 22.2 Å². The van der Waals surface area contributed by atoms with Crippen molar-refractivity contribution < 1.29 is 14.6 Å². The molecule has 4 aromatic rings. The van der Waals surface area contributed by atoms with Gasteiger partial charge in [-0.3, -0.25) is 0 Å². The van der Waals surface area contributed by atoms with Gasteiger partial charge in [0.25, 0.3) is 0 Å². The minimum atomic E-state index is -0.685. The number of aliphatic hydroxyl groups excluding tert-OH is 1. The molecule has 0 saturated carbocycles. The summed E-state index contributed by atoms with van der Waals surface area (Å²) in [6, 6.07) is 17.2. The van der Waals surface area contributed by atoms with Crippen LogP contribution in [0.4, 0.5) is 4.79 Å². The van der Waals surface area contributed by atoms with Crippen molar-refractivity contribution >= 4 is 28.6 Å². The fraction of sp³-hybridized carbons (Fsp3) is 0.345. The molecular weight excluding hydrogens is 488 g/mol. The lowest BCUT2D eigenvalue weighted by Gasteiger charge is -2.21. The maximum atomic E-state index is 13.3. The molecule has 0 aliphatic carbocycles. The Balaban J connectivity index is 1.84. The molecule has 2 heterocycles. The van der Waals surface area contributed by atoms with Crippen LogP contribution in [0, 0.1) is 11.3 Å². The Kier molecular flexibility index (Phi) is 7.72. The Morgan fingerprint density at radius 1 is 1.19 bits per heavy atom. The average Bonchev–Trinajstić information content (AvgIpc) is 3.38. The molecule has 7 nitrogen and oxygen atoms in total. The second kappa shape index (κ2) is 10.8. The standard InChI is InChI=1S/C29H31ClN4O3/c1-5-6-11-26-32-27(30)25(18-35)33(26)17-19-12-13-23-21(14-19)15-24(22-10-8-7-9-20(22)16-31)34(23)28(36)37-29(2,3)4/h7-10,12-15,35H,5-6,11,17-18H2,1-4H3. The highest BCUT2D eigenvalue weighted by Crippen LogP contribution is 2.32. The van der Waals surface area contributed by atoms with Crippen molar-refractivity contribution in [2.75, 3.05) is 0 Å². The van der Waals surface area contributed by atoms with Crippen LogP contribution >= 0.6 is 11.6 Å². The van der Waals surface area contributed by atoms with Gasteiger partial charge in [0.1, 0.15) is 11.4 Å². The van der Waals surface area contributed by atoms with Crippen molar-refractivity contribution in [2.24, 2.45) is 0 Å². The number of imidazole rings is 1. The van der Waals surface area contributed by atoms with Crippen molar-refractivity contribution in [2.45, 2.75) is 65.7 Å². The van der Waals surface area contributed by atoms with Crippen LogP contribution in [-0.4, -0.2) is 30.9 Å². The van der Waals surface area contributed by atoms with E-state index in [1.165, 1.54) is 4.57 Å². The van der Waals surface area contributed by atoms with Crippen LogP contribution in [0.15, 0.2) is 48.5 Å². The number of fused-ring (bicyclic) bond motifs is 1. The second-order valence-corrected chi connectivity index (χ2v) is 10.4. The van der Waals surface area contributed by atoms with Crippen molar-refractivity contribution in [3.8, 4) is 17.3 Å². The van der Waals surface area contributed by atoms with E-state index < -0.39 is 11.7 Å². The van der Waals surface area contributed by atoms with Crippen LogP contribution in [0.3, 0.4) is 0 Å². The van der Waals surface area contributed by atoms with Crippen LogP contribution < -0.4 is 0 Å². The van der Waals surface area contributed by atoms with Crippen LogP contribution in [0.2, 0.25) is 5.15 Å². The molecule has 1 N–H and O–H groups in total. The molecule has 4 rings (SSSR count). The van der Waals surface area contributed by atoms with Gasteiger partial charge < -0.3 is 14.4 Å². The van der Waals surface area contributed by atoms with Gasteiger partial charge in [-0.2, -0.15) is 5.26 Å². The third-order valence-electron chi connectivity index (χ3n) is 6.11. The van der Waals surface area contributed by atoms with Gasteiger partial charge in [-0.25, -0.2) is 14.3 Å². The molecule has 2 aromatic heterocycles. The molecule has 192 valence electrons. The van der Waals surface area contributed by atoms with E-state index >= 15 is 0 Å². The van der Waals surface area contributed by atoms with Gasteiger partial charge in [0.2, 0.25) is 0 Å². The fourth-order valence-electron chi connectivity index (χ4n) is 4.42. The first-order chi connectivity index (χ1) is 17.7. The number of carbonyl (C=O) groups is 1. The molecule has 0 fully saturated rings. The number of rotatable bonds is 7. The fourth-order valence-corrected chi connectivity index (χ4v) is 4.68. The number of hydrogen-bond donors (Lipinski definition) is 1. The molecule has 0 amide bonds. The molecule has 0 bridgehead atoms. The van der Waals surface area contributed by atoms with Gasteiger partial charge in [-0.15, -0.1) is 0 Å². The van der Waals surface area contributed by atoms with E-state index in [0.717, 1.165) is 36.0 Å². The largest absolute Gasteiger partial charge is 0.443 e. The Morgan fingerprint density at radius 2 is 1.95 bits per heavy atom. The van der Waals surface area contributed by atoms with E-state index in [-0.39, 0.29) is 6.61 Å². The maximum Gasteiger partial charge on any atom is 0.419 e. The number of nitrogens with zero attached hydrogens (tertiary/aromatic N) is 4. The summed E-state index contributed by atoms with van der Waals surface area (Å²) in [6.07, 6.45) is 2.25. The summed E-state index contributed by atoms with van der Waals surface area (Å²) in [4.78, 5) is 17.8. The summed E-state index contributed by atoms with van der Waals surface area (Å²) in [5.41, 5.74) is 3.26. The van der Waals surface area contributed by atoms with Gasteiger partial charge in [-0.05, 0) is 57.0 Å². The van der Waals surface area contributed by atoms with E-state index in [2.05, 4.69) is 18.0 Å². The smallest absolute Gasteiger partial charge is 0.419 e. The van der Waals surface area contributed by atoms with Crippen LogP contribution in [0.5, 0.6) is 0 Å². The maximum absolute atomic E-state index is 13.3. The third kappa shape index (κ3) is 5.56. The number of aromatic nitrogens is 3. The second-order valence-electron chi connectivity index (χ2n) is 10.0. The molecule has 0 saturated heterocycles. The van der Waals surface area contributed by atoms with Crippen LogP contribution in [0.1, 0.15) is 63.2 Å². The van der Waals surface area contributed by atoms with E-state index in [0.29, 0.717) is 39.7 Å². The average molecular weight is 519 g/mol. The molecule has 0 radical (unpaired) electrons. The Labute approximate surface area is 221 Å². The van der Waals surface area contributed by atoms with E-state index in [4.69, 9.17) is 16.3 Å². The highest BCUT2D eigenvalue weighted by atomic mass is 35.5. The first kappa shape index (κ1) is 26.5. The predicted molar refractivity (Wildman–Crippen MR) is 145 cm³/mol. The molecule has 0 spiro atoms. The number of unbranched alkanes of at least 4 members (excludes halogenated alkanes) is 1. The van der Waals surface area contributed by atoms with Gasteiger partial charge in [-0.1, -0.05) is 49.2 Å². The molecule has 0 aliphatic rings. The molecule has 0 atom stereocenters. The number of aliphatic hydroxyl groups is 1.